The molecule has 1 aliphatic heterocycles. The number of nitrogens with zero attached hydrogens (tertiary/aromatic N) is 3. The number of hydrogen-bond acceptors (Lipinski definition) is 4. The van der Waals surface area contributed by atoms with Crippen molar-refractivity contribution in [2.75, 3.05) is 13.1 Å². The normalized spacial score (nSPS) is 15.6. The van der Waals surface area contributed by atoms with Gasteiger partial charge in [-0.2, -0.15) is 13.2 Å². The van der Waals surface area contributed by atoms with Gasteiger partial charge in [-0.1, -0.05) is 30.2 Å². The van der Waals surface area contributed by atoms with E-state index in [1.807, 2.05) is 0 Å². The molecule has 2 rings (SSSR count). The molecule has 0 atom stereocenters. The van der Waals surface area contributed by atoms with Crippen molar-refractivity contribution in [2.45, 2.75) is 25.3 Å². The van der Waals surface area contributed by atoms with E-state index >= 15 is 0 Å². The summed E-state index contributed by atoms with van der Waals surface area (Å²) in [5.41, 5.74) is -1.65. The van der Waals surface area contributed by atoms with Crippen LogP contribution in [0.15, 0.2) is 34.5 Å². The van der Waals surface area contributed by atoms with Crippen molar-refractivity contribution in [1.82, 2.24) is 4.90 Å². The first-order chi connectivity index (χ1) is 10.3. The Morgan fingerprint density at radius 1 is 1.32 bits per heavy atom. The fraction of sp³-hybridized carbons (Fsp3) is 0.400. The maximum Gasteiger partial charge on any atom is 0.442 e. The molecule has 0 N–H and O–H groups in total. The molecule has 0 spiro atoms. The van der Waals surface area contributed by atoms with E-state index in [4.69, 9.17) is 6.42 Å². The topological polar surface area (TPSA) is 45.0 Å². The Bertz CT molecular complexity index is 623. The van der Waals surface area contributed by atoms with Gasteiger partial charge in [-0.3, -0.25) is 9.69 Å². The Balaban J connectivity index is 2.09. The van der Waals surface area contributed by atoms with Gasteiger partial charge in [0, 0.05) is 12.1 Å². The van der Waals surface area contributed by atoms with Crippen LogP contribution >= 0.6 is 0 Å². The molecule has 0 bridgehead atoms. The van der Waals surface area contributed by atoms with Gasteiger partial charge in [0.05, 0.1) is 13.1 Å². The number of carbonyl (C=O) groups is 1. The predicted molar refractivity (Wildman–Crippen MR) is 73.8 cm³/mol. The van der Waals surface area contributed by atoms with Crippen molar-refractivity contribution >= 4 is 5.78 Å². The van der Waals surface area contributed by atoms with Crippen LogP contribution in [-0.2, 0) is 17.0 Å². The van der Waals surface area contributed by atoms with Crippen molar-refractivity contribution in [1.29, 1.82) is 0 Å². The van der Waals surface area contributed by atoms with Gasteiger partial charge in [0.1, 0.15) is 5.78 Å². The van der Waals surface area contributed by atoms with Gasteiger partial charge < -0.3 is 0 Å². The van der Waals surface area contributed by atoms with E-state index in [-0.39, 0.29) is 17.9 Å². The fourth-order valence-electron chi connectivity index (χ4n) is 2.15. The number of ketones is 1. The second-order valence-corrected chi connectivity index (χ2v) is 5.12. The number of terminal acetylenes is 1. The van der Waals surface area contributed by atoms with Gasteiger partial charge in [-0.15, -0.1) is 16.7 Å². The minimum absolute atomic E-state index is 0.0150. The molecule has 1 aromatic carbocycles. The first-order valence-electron chi connectivity index (χ1n) is 6.54. The van der Waals surface area contributed by atoms with E-state index < -0.39 is 11.8 Å². The molecule has 1 aliphatic rings. The first-order valence-corrected chi connectivity index (χ1v) is 6.54. The summed E-state index contributed by atoms with van der Waals surface area (Å²) in [6.45, 7) is 2.33. The van der Waals surface area contributed by atoms with Crippen LogP contribution in [0.3, 0.4) is 0 Å². The standard InChI is InChI=1S/C15H14F3N3O/c1-3-8-21(9-11(2)22)10-12-4-6-13(7-5-12)14(19-20-14)15(16,17)18/h1,4-7H,8-10H2,2H3. The molecule has 4 nitrogen and oxygen atoms in total. The van der Waals surface area contributed by atoms with E-state index in [1.165, 1.54) is 19.1 Å². The molecule has 1 heterocycles. The molecule has 1 aromatic rings. The van der Waals surface area contributed by atoms with Crippen molar-refractivity contribution in [3.05, 3.63) is 35.4 Å². The van der Waals surface area contributed by atoms with Crippen LogP contribution in [-0.4, -0.2) is 29.9 Å². The highest BCUT2D eigenvalue weighted by atomic mass is 19.4. The van der Waals surface area contributed by atoms with Crippen LogP contribution in [0.5, 0.6) is 0 Å². The highest BCUT2D eigenvalue weighted by Gasteiger charge is 2.65. The van der Waals surface area contributed by atoms with E-state index in [1.54, 1.807) is 17.0 Å². The first kappa shape index (κ1) is 16.2. The third kappa shape index (κ3) is 3.34. The summed E-state index contributed by atoms with van der Waals surface area (Å²) < 4.78 is 38.6. The number of Topliss-reactive ketones (excluding diaryl/α,β-unsaturated/α-hetero) is 1. The van der Waals surface area contributed by atoms with E-state index in [9.17, 15) is 18.0 Å². The maximum atomic E-state index is 12.9. The molecule has 0 fully saturated rings. The Morgan fingerprint density at radius 3 is 2.32 bits per heavy atom. The van der Waals surface area contributed by atoms with Gasteiger partial charge in [-0.05, 0) is 12.5 Å². The van der Waals surface area contributed by atoms with E-state index in [2.05, 4.69) is 16.1 Å². The minimum atomic E-state index is -4.53. The largest absolute Gasteiger partial charge is 0.442 e. The predicted octanol–water partition coefficient (Wildman–Crippen LogP) is 2.89. The summed E-state index contributed by atoms with van der Waals surface area (Å²) >= 11 is 0. The molecule has 0 aromatic heterocycles. The second kappa shape index (κ2) is 5.89. The summed E-state index contributed by atoms with van der Waals surface area (Å²) in [5.74, 6) is 2.42. The average molecular weight is 309 g/mol. The Hall–Kier alpha value is -2.20. The van der Waals surface area contributed by atoms with E-state index in [0.717, 1.165) is 5.56 Å². The lowest BCUT2D eigenvalue weighted by Gasteiger charge is -2.19. The lowest BCUT2D eigenvalue weighted by molar-refractivity contribution is -0.166. The molecule has 0 saturated heterocycles. The third-order valence-corrected chi connectivity index (χ3v) is 3.22. The highest BCUT2D eigenvalue weighted by molar-refractivity contribution is 5.77. The lowest BCUT2D eigenvalue weighted by Crippen LogP contribution is -2.30. The molecule has 0 aliphatic carbocycles. The summed E-state index contributed by atoms with van der Waals surface area (Å²) in [6, 6.07) is 5.83. The Kier molecular flexibility index (Phi) is 4.33. The maximum absolute atomic E-state index is 12.9. The lowest BCUT2D eigenvalue weighted by atomic mass is 10.0. The minimum Gasteiger partial charge on any atom is -0.299 e. The van der Waals surface area contributed by atoms with Crippen LogP contribution in [0.1, 0.15) is 18.1 Å². The van der Waals surface area contributed by atoms with Crippen LogP contribution in [0.4, 0.5) is 13.2 Å². The molecule has 116 valence electrons. The molecule has 7 heteroatoms. The zero-order valence-corrected chi connectivity index (χ0v) is 11.9. The molecule has 0 unspecified atom stereocenters. The third-order valence-electron chi connectivity index (χ3n) is 3.22. The van der Waals surface area contributed by atoms with Crippen molar-refractivity contribution in [3.8, 4) is 12.3 Å². The van der Waals surface area contributed by atoms with Gasteiger partial charge in [0.25, 0.3) is 0 Å². The van der Waals surface area contributed by atoms with Gasteiger partial charge >= 0.3 is 11.8 Å². The Labute approximate surface area is 126 Å². The number of benzene rings is 1. The molecule has 0 saturated carbocycles. The summed E-state index contributed by atoms with van der Waals surface area (Å²) in [7, 11) is 0. The molecule has 0 amide bonds. The van der Waals surface area contributed by atoms with Crippen LogP contribution in [0, 0.1) is 12.3 Å². The zero-order valence-electron chi connectivity index (χ0n) is 11.9. The quantitative estimate of drug-likeness (QED) is 0.759. The second-order valence-electron chi connectivity index (χ2n) is 5.12. The van der Waals surface area contributed by atoms with Gasteiger partial charge in [0.15, 0.2) is 0 Å². The van der Waals surface area contributed by atoms with Crippen LogP contribution < -0.4 is 0 Å². The molecular weight excluding hydrogens is 295 g/mol. The number of hydrogen-bond donors (Lipinski definition) is 0. The SMILES string of the molecule is C#CCN(CC(C)=O)Cc1ccc(C2(C(F)(F)F)N=N2)cc1. The van der Waals surface area contributed by atoms with Crippen molar-refractivity contribution in [2.24, 2.45) is 10.2 Å². The summed E-state index contributed by atoms with van der Waals surface area (Å²) in [5, 5.41) is 6.31. The number of alkyl halides is 3. The zero-order chi connectivity index (χ0) is 16.4. The smallest absolute Gasteiger partial charge is 0.299 e. The van der Waals surface area contributed by atoms with Crippen LogP contribution in [0.2, 0.25) is 0 Å². The monoisotopic (exact) mass is 309 g/mol. The fourth-order valence-corrected chi connectivity index (χ4v) is 2.15. The number of rotatable bonds is 6. The van der Waals surface area contributed by atoms with Crippen molar-refractivity contribution < 1.29 is 18.0 Å². The highest BCUT2D eigenvalue weighted by Crippen LogP contribution is 2.52. The summed E-state index contributed by atoms with van der Waals surface area (Å²) in [4.78, 5) is 12.9. The van der Waals surface area contributed by atoms with Gasteiger partial charge in [-0.25, -0.2) is 0 Å². The molecule has 0 radical (unpaired) electrons. The van der Waals surface area contributed by atoms with Crippen LogP contribution in [0.25, 0.3) is 0 Å². The average Bonchev–Trinajstić information content (AvgIpc) is 3.20. The van der Waals surface area contributed by atoms with Crippen molar-refractivity contribution in [3.63, 3.8) is 0 Å². The Morgan fingerprint density at radius 2 is 1.91 bits per heavy atom. The summed E-state index contributed by atoms with van der Waals surface area (Å²) in [6.07, 6.45) is 0.714. The molecular formula is C15H14F3N3O. The number of carbonyl (C=O) groups excluding carboxylic acids is 1. The molecule has 22 heavy (non-hydrogen) atoms. The van der Waals surface area contributed by atoms with Gasteiger partial charge in [0.2, 0.25) is 0 Å². The van der Waals surface area contributed by atoms with E-state index in [0.29, 0.717) is 13.1 Å². The number of halogens is 3.